The zero-order valence-electron chi connectivity index (χ0n) is 81.1. The largest absolute Gasteiger partial charge is 0.479 e. The number of aliphatic hydroxyl groups is 22. The maximum absolute atomic E-state index is 16.6. The van der Waals surface area contributed by atoms with E-state index in [1.54, 1.807) is 13.8 Å². The van der Waals surface area contributed by atoms with Crippen LogP contribution in [0.2, 0.25) is 0 Å². The van der Waals surface area contributed by atoms with E-state index in [1.165, 1.54) is 13.8 Å². The van der Waals surface area contributed by atoms with Gasteiger partial charge in [-0.05, 0) is 136 Å². The molecule has 0 aromatic heterocycles. The van der Waals surface area contributed by atoms with Crippen molar-refractivity contribution in [2.24, 2.45) is 62.1 Å². The van der Waals surface area contributed by atoms with Gasteiger partial charge in [0.2, 0.25) is 6.29 Å². The number of allylic oxidation sites excluding steroid dienone is 2. The molecule has 804 valence electrons. The smallest absolute Gasteiger partial charge is 0.335 e. The minimum absolute atomic E-state index is 0.0232. The van der Waals surface area contributed by atoms with Gasteiger partial charge < -0.3 is 208 Å². The predicted molar refractivity (Wildman–Crippen MR) is 467 cm³/mol. The van der Waals surface area contributed by atoms with Crippen LogP contribution in [0, 0.1) is 62.1 Å². The SMILES string of the molecule is CC[C@H](C)CC[C@H](O)CC(=O)O[C@@H](C[C@H](O)CC(=O)O[C@@H]1C(C)O[C@@H](OC(=O)[C@]23CCC(C)(C)CC2C2=CCC4[C@@]5(C)CC[C@H](O[C@@H]6OC(C(=O)O)[C@H](O)C(O[C@@H]7OC[C@@H](O)C(O)C7O)C6O[C@@H]6OC(CO)[C@H](O)C(O)C6O)[C@@](C)(C=O)C5CC[C@@]4(C)[C@]2(C)C[C@H]3O)C(O[C@@H]2OC(C)CC(CO[C@H]3OCC(O)[C@H](O[C@@H]4OCC(O)(CO)C4O)C3O)(O[C@@H]3OC(CO)[C@@H](O)C(O)C3O)C2O)C1O)[C@@H](C)CC. The first kappa shape index (κ1) is 113. The summed E-state index contributed by atoms with van der Waals surface area (Å²) in [5.74, 6) is -6.59. The van der Waals surface area contributed by atoms with Gasteiger partial charge in [0.25, 0.3) is 0 Å². The van der Waals surface area contributed by atoms with Gasteiger partial charge in [-0.3, -0.25) is 14.4 Å². The van der Waals surface area contributed by atoms with Crippen molar-refractivity contribution < 1.29 is 227 Å². The molecular formula is C94H152O46. The highest BCUT2D eigenvalue weighted by Crippen LogP contribution is 2.76. The van der Waals surface area contributed by atoms with E-state index in [-0.39, 0.29) is 69.1 Å². The van der Waals surface area contributed by atoms with E-state index in [4.69, 9.17) is 85.3 Å². The molecule has 50 atom stereocenters. The molecule has 23 N–H and O–H groups in total. The summed E-state index contributed by atoms with van der Waals surface area (Å²) in [7, 11) is 0. The van der Waals surface area contributed by atoms with Gasteiger partial charge in [0.1, 0.15) is 151 Å². The van der Waals surface area contributed by atoms with Gasteiger partial charge in [0.05, 0.1) is 101 Å². The zero-order chi connectivity index (χ0) is 103. The van der Waals surface area contributed by atoms with Crippen molar-refractivity contribution in [3.63, 3.8) is 0 Å². The van der Waals surface area contributed by atoms with E-state index in [1.807, 2.05) is 41.5 Å². The van der Waals surface area contributed by atoms with E-state index in [0.29, 0.717) is 38.5 Å². The fourth-order valence-corrected chi connectivity index (χ4v) is 24.5. The highest BCUT2D eigenvalue weighted by molar-refractivity contribution is 5.80. The van der Waals surface area contributed by atoms with Crippen LogP contribution in [0.15, 0.2) is 11.6 Å². The molecule has 12 fully saturated rings. The van der Waals surface area contributed by atoms with Gasteiger partial charge in [-0.1, -0.05) is 93.7 Å². The number of carboxylic acids is 1. The van der Waals surface area contributed by atoms with Gasteiger partial charge in [0.15, 0.2) is 62.3 Å². The number of fused-ring (bicyclic) bond motifs is 7. The Bertz CT molecular complexity index is 4150. The zero-order valence-corrected chi connectivity index (χ0v) is 81.1. The second-order valence-corrected chi connectivity index (χ2v) is 43.5. The fourth-order valence-electron chi connectivity index (χ4n) is 24.5. The second-order valence-electron chi connectivity index (χ2n) is 43.5. The number of aliphatic hydroxyl groups excluding tert-OH is 21. The van der Waals surface area contributed by atoms with Crippen LogP contribution < -0.4 is 0 Å². The molecule has 8 heterocycles. The van der Waals surface area contributed by atoms with Crippen LogP contribution in [0.1, 0.15) is 192 Å². The lowest BCUT2D eigenvalue weighted by atomic mass is 9.33. The number of rotatable bonds is 36. The molecular weight excluding hydrogens is 1860 g/mol. The van der Waals surface area contributed by atoms with Crippen LogP contribution in [-0.4, -0.2) is 439 Å². The third-order valence-electron chi connectivity index (χ3n) is 33.8. The Labute approximate surface area is 810 Å². The van der Waals surface area contributed by atoms with E-state index in [0.717, 1.165) is 18.3 Å². The number of aliphatic carboxylic acids is 1. The molecule has 24 unspecified atom stereocenters. The summed E-state index contributed by atoms with van der Waals surface area (Å²) in [6.07, 6.45) is -66.2. The van der Waals surface area contributed by atoms with Crippen molar-refractivity contribution in [3.8, 4) is 0 Å². The molecule has 13 rings (SSSR count). The molecule has 0 spiro atoms. The van der Waals surface area contributed by atoms with E-state index < -0.39 is 372 Å². The fraction of sp³-hybridized carbons (Fsp3) is 0.926. The third kappa shape index (κ3) is 22.0. The lowest BCUT2D eigenvalue weighted by Gasteiger charge is -2.71. The Hall–Kier alpha value is -4.19. The van der Waals surface area contributed by atoms with Crippen LogP contribution in [0.3, 0.4) is 0 Å². The average molecular weight is 2020 g/mol. The first-order valence-electron chi connectivity index (χ1n) is 49.2. The van der Waals surface area contributed by atoms with Gasteiger partial charge in [-0.15, -0.1) is 0 Å². The normalized spacial score (nSPS) is 48.6. The molecule has 5 aliphatic carbocycles. The summed E-state index contributed by atoms with van der Waals surface area (Å²) < 4.78 is 110. The van der Waals surface area contributed by atoms with Crippen molar-refractivity contribution in [1.82, 2.24) is 0 Å². The van der Waals surface area contributed by atoms with Crippen LogP contribution in [0.4, 0.5) is 0 Å². The van der Waals surface area contributed by atoms with Crippen molar-refractivity contribution >= 4 is 30.2 Å². The molecule has 13 aliphatic rings. The predicted octanol–water partition coefficient (Wildman–Crippen LogP) is -4.90. The number of carbonyl (C=O) groups is 5. The molecule has 0 radical (unpaired) electrons. The van der Waals surface area contributed by atoms with Gasteiger partial charge in [-0.25, -0.2) is 4.79 Å². The van der Waals surface area contributed by atoms with Crippen LogP contribution in [-0.2, 0) is 109 Å². The third-order valence-corrected chi connectivity index (χ3v) is 33.8. The lowest BCUT2D eigenvalue weighted by molar-refractivity contribution is -0.397. The van der Waals surface area contributed by atoms with Gasteiger partial charge in [-0.2, -0.15) is 0 Å². The molecule has 140 heavy (non-hydrogen) atoms. The first-order valence-corrected chi connectivity index (χ1v) is 49.2. The Morgan fingerprint density at radius 1 is 0.543 bits per heavy atom. The van der Waals surface area contributed by atoms with Crippen LogP contribution in [0.25, 0.3) is 0 Å². The number of hydrogen-bond acceptors (Lipinski definition) is 45. The molecule has 46 nitrogen and oxygen atoms in total. The summed E-state index contributed by atoms with van der Waals surface area (Å²) in [6.45, 7) is 16.5. The number of carboxylic acid groups (broad SMARTS) is 1. The minimum Gasteiger partial charge on any atom is -0.479 e. The molecule has 0 aromatic carbocycles. The summed E-state index contributed by atoms with van der Waals surface area (Å²) in [5, 5.41) is 260. The first-order chi connectivity index (χ1) is 65.7. The molecule has 8 saturated heterocycles. The summed E-state index contributed by atoms with van der Waals surface area (Å²) in [6, 6.07) is 0. The monoisotopic (exact) mass is 2020 g/mol. The molecule has 46 heteroatoms. The second kappa shape index (κ2) is 44.9. The minimum atomic E-state index is -2.48. The van der Waals surface area contributed by atoms with E-state index >= 15 is 4.79 Å². The average Bonchev–Trinajstić information content (AvgIpc) is 0.687. The highest BCUT2D eigenvalue weighted by atomic mass is 16.8. The van der Waals surface area contributed by atoms with Crippen molar-refractivity contribution in [3.05, 3.63) is 11.6 Å². The Balaban J connectivity index is 0.806. The summed E-state index contributed by atoms with van der Waals surface area (Å²) >= 11 is 0. The molecule has 8 aliphatic heterocycles. The standard InChI is InChI=1S/C94H152O46/c1-13-39(3)15-16-43(99)26-56(104)129-49(40(4)14-2)25-44(100)27-57(105)133-69-42(6)128-82(73(66(69)114)137-85-76(118)93(28-41(5)127-85,140-81-65(113)62(110)60(108)51(32-96)131-81)38-126-78-68(116)70(48(102)34-123-78)134-84-75(117)92(122,36-98)37-125-84)139-86(121)94-24-23-87(7,8)29-46(94)45-17-18-53-88(9)21-20-55(89(10,35-97)52(88)19-22-90(53,11)91(45,12)30-54(94)103)132-83-74(138-80-64(112)61(109)59(107)50(31-95)130-80)71(67(115)72(136-83)77(119)120)135-79-63(111)58(106)47(101)33-124-79/h17,35,39-44,46-55,58-76,78-85,95-96,98-103,106-118,122H,13-16,18-34,36-38H2,1-12H3,(H,119,120)/t39-,40-,41?,42?,43-,44-,46?,47+,48?,49-,50?,51?,52?,53?,54+,55-,58?,59-,60+,61?,62?,63?,64?,65?,66?,67+,68?,69+,70-,71?,72?,73?,74?,75?,76?,78+,79-,80-,81-,82-,83+,84-,85-,88-,89-,90+,91+,92?,93?,94+/m0/s1. The molecule has 0 bridgehead atoms. The lowest BCUT2D eigenvalue weighted by Crippen LogP contribution is -2.69. The van der Waals surface area contributed by atoms with E-state index in [9.17, 15) is 137 Å². The topological polar surface area (TPSA) is 717 Å². The summed E-state index contributed by atoms with van der Waals surface area (Å²) in [5.41, 5.74) is -10.5. The van der Waals surface area contributed by atoms with Crippen LogP contribution >= 0.6 is 0 Å². The van der Waals surface area contributed by atoms with Gasteiger partial charge in [0, 0.05) is 12.8 Å². The number of ether oxygens (including phenoxy) is 18. The quantitative estimate of drug-likeness (QED) is 0.00919. The molecule has 0 aromatic rings. The van der Waals surface area contributed by atoms with Crippen LogP contribution in [0.5, 0.6) is 0 Å². The number of esters is 3. The van der Waals surface area contributed by atoms with E-state index in [2.05, 4.69) is 19.9 Å². The van der Waals surface area contributed by atoms with Crippen molar-refractivity contribution in [1.29, 1.82) is 0 Å². The number of carbonyl (C=O) groups excluding carboxylic acids is 4. The maximum Gasteiger partial charge on any atom is 0.335 e. The highest BCUT2D eigenvalue weighted by Gasteiger charge is 2.74. The maximum atomic E-state index is 16.6. The number of aldehydes is 1. The summed E-state index contributed by atoms with van der Waals surface area (Å²) in [4.78, 5) is 72.2. The molecule has 0 amide bonds. The van der Waals surface area contributed by atoms with Gasteiger partial charge >= 0.3 is 23.9 Å². The van der Waals surface area contributed by atoms with Crippen molar-refractivity contribution in [2.45, 2.75) is 437 Å². The number of hydrogen-bond donors (Lipinski definition) is 23. The van der Waals surface area contributed by atoms with Crippen molar-refractivity contribution in [2.75, 3.05) is 46.2 Å². The Morgan fingerprint density at radius 3 is 1.80 bits per heavy atom. The Morgan fingerprint density at radius 2 is 1.16 bits per heavy atom. The molecule has 4 saturated carbocycles. The Kier molecular flexibility index (Phi) is 36.2.